The van der Waals surface area contributed by atoms with Gasteiger partial charge >= 0.3 is 5.97 Å². The van der Waals surface area contributed by atoms with Gasteiger partial charge in [0.05, 0.1) is 34.4 Å². The van der Waals surface area contributed by atoms with E-state index in [4.69, 9.17) is 18.5 Å². The molecule has 0 aromatic carbocycles. The molecule has 0 aromatic heterocycles. The van der Waals surface area contributed by atoms with E-state index in [2.05, 4.69) is 62.5 Å². The van der Waals surface area contributed by atoms with Crippen LogP contribution in [0.3, 0.4) is 0 Å². The molecule has 0 spiro atoms. The number of rotatable bonds is 44. The molecule has 0 saturated carbocycles. The van der Waals surface area contributed by atoms with Crippen LogP contribution in [0.4, 0.5) is 0 Å². The highest BCUT2D eigenvalue weighted by atomic mass is 31.2. The Morgan fingerprint density at radius 2 is 0.948 bits per heavy atom. The number of esters is 1. The summed E-state index contributed by atoms with van der Waals surface area (Å²) in [5.41, 5.74) is 0. The van der Waals surface area contributed by atoms with Crippen LogP contribution in [0.25, 0.3) is 0 Å². The number of allylic oxidation sites excluding steroid dienone is 8. The van der Waals surface area contributed by atoms with Gasteiger partial charge in [-0.2, -0.15) is 0 Å². The molecule has 0 bridgehead atoms. The Morgan fingerprint density at radius 3 is 1.43 bits per heavy atom. The topological polar surface area (TPSA) is 94.1 Å². The number of likely N-dealkylation sites (N-methyl/N-ethyl adjacent to an activating group) is 1. The second-order valence-electron chi connectivity index (χ2n) is 17.1. The van der Waals surface area contributed by atoms with Crippen LogP contribution < -0.4 is 4.89 Å². The molecule has 9 heteroatoms. The smallest absolute Gasteiger partial charge is 0.306 e. The largest absolute Gasteiger partial charge is 0.756 e. The summed E-state index contributed by atoms with van der Waals surface area (Å²) in [6, 6.07) is 0. The molecule has 0 aliphatic carbocycles. The molecule has 0 aromatic rings. The number of hydrogen-bond donors (Lipinski definition) is 0. The third kappa shape index (κ3) is 45.5. The first-order chi connectivity index (χ1) is 28.1. The Hall–Kier alpha value is -1.54. The van der Waals surface area contributed by atoms with Gasteiger partial charge in [-0.25, -0.2) is 0 Å². The molecular weight excluding hydrogens is 746 g/mol. The number of carbonyl (C=O) groups is 1. The average Bonchev–Trinajstić information content (AvgIpc) is 3.18. The van der Waals surface area contributed by atoms with Crippen LogP contribution in [0.1, 0.15) is 200 Å². The molecule has 58 heavy (non-hydrogen) atoms. The predicted octanol–water partition coefficient (Wildman–Crippen LogP) is 13.7. The van der Waals surface area contributed by atoms with Crippen LogP contribution in [0.2, 0.25) is 0 Å². The van der Waals surface area contributed by atoms with Crippen molar-refractivity contribution in [2.45, 2.75) is 206 Å². The maximum atomic E-state index is 12.7. The number of unbranched alkanes of at least 4 members (excludes halogenated alkanes) is 22. The van der Waals surface area contributed by atoms with Crippen molar-refractivity contribution in [1.29, 1.82) is 0 Å². The van der Waals surface area contributed by atoms with Gasteiger partial charge in [-0.1, -0.05) is 165 Å². The standard InChI is InChI=1S/C49H92NO7P/c1-6-8-10-12-14-16-18-20-22-24-25-26-28-30-32-34-36-38-40-42-49(51)57-48(47-56-58(52,53)55-45-43-50(3,4)5)46-54-44-41-39-37-35-33-31-29-27-23-21-19-17-15-13-11-9-7-2/h14,16-17,19-20,22-23,27,48H,6-13,15,18,21,24-26,28-47H2,1-5H3/b16-14-,19-17-,22-20-,27-23-. The summed E-state index contributed by atoms with van der Waals surface area (Å²) in [5, 5.41) is 0. The van der Waals surface area contributed by atoms with E-state index in [9.17, 15) is 14.3 Å². The fourth-order valence-corrected chi connectivity index (χ4v) is 7.10. The van der Waals surface area contributed by atoms with E-state index in [1.807, 2.05) is 21.1 Å². The van der Waals surface area contributed by atoms with Crippen molar-refractivity contribution >= 4 is 13.8 Å². The third-order valence-corrected chi connectivity index (χ3v) is 11.1. The van der Waals surface area contributed by atoms with Crippen molar-refractivity contribution in [3.63, 3.8) is 0 Å². The highest BCUT2D eigenvalue weighted by molar-refractivity contribution is 7.45. The summed E-state index contributed by atoms with van der Waals surface area (Å²) < 4.78 is 34.7. The predicted molar refractivity (Wildman–Crippen MR) is 245 cm³/mol. The highest BCUT2D eigenvalue weighted by Crippen LogP contribution is 2.38. The average molecular weight is 838 g/mol. The van der Waals surface area contributed by atoms with Gasteiger partial charge in [0, 0.05) is 13.0 Å². The Morgan fingerprint density at radius 1 is 0.534 bits per heavy atom. The van der Waals surface area contributed by atoms with Crippen LogP contribution in [0, 0.1) is 0 Å². The quantitative estimate of drug-likeness (QED) is 0.0198. The van der Waals surface area contributed by atoms with Gasteiger partial charge in [-0.05, 0) is 77.0 Å². The Kier molecular flexibility index (Phi) is 41.0. The van der Waals surface area contributed by atoms with Crippen LogP contribution in [-0.4, -0.2) is 70.7 Å². The minimum Gasteiger partial charge on any atom is -0.756 e. The summed E-state index contributed by atoms with van der Waals surface area (Å²) in [7, 11) is 1.34. The minimum atomic E-state index is -4.53. The monoisotopic (exact) mass is 838 g/mol. The molecule has 8 nitrogen and oxygen atoms in total. The zero-order valence-corrected chi connectivity index (χ0v) is 39.4. The van der Waals surface area contributed by atoms with Gasteiger partial charge < -0.3 is 27.9 Å². The van der Waals surface area contributed by atoms with E-state index in [1.165, 1.54) is 122 Å². The summed E-state index contributed by atoms with van der Waals surface area (Å²) in [6.07, 6.45) is 51.2. The number of ether oxygens (including phenoxy) is 2. The van der Waals surface area contributed by atoms with E-state index in [0.717, 1.165) is 57.8 Å². The van der Waals surface area contributed by atoms with Crippen LogP contribution in [0.5, 0.6) is 0 Å². The SMILES string of the molecule is CCCCC/C=C\C/C=C\CCCCCCCCCCCC(=O)OC(COCCCCCCCC/C=C\C/C=C\CCCCCC)COP(=O)([O-])OCC[N+](C)(C)C. The maximum Gasteiger partial charge on any atom is 0.306 e. The molecule has 2 atom stereocenters. The molecule has 0 saturated heterocycles. The molecule has 0 radical (unpaired) electrons. The van der Waals surface area contributed by atoms with Crippen molar-refractivity contribution in [3.05, 3.63) is 48.6 Å². The van der Waals surface area contributed by atoms with Crippen molar-refractivity contribution < 1.29 is 37.3 Å². The highest BCUT2D eigenvalue weighted by Gasteiger charge is 2.20. The molecule has 0 rings (SSSR count). The lowest BCUT2D eigenvalue weighted by atomic mass is 10.1. The summed E-state index contributed by atoms with van der Waals surface area (Å²) in [5.74, 6) is -0.343. The van der Waals surface area contributed by atoms with E-state index in [-0.39, 0.29) is 25.8 Å². The first-order valence-corrected chi connectivity index (χ1v) is 25.3. The van der Waals surface area contributed by atoms with E-state index >= 15 is 0 Å². The number of quaternary nitrogens is 1. The molecule has 0 N–H and O–H groups in total. The molecule has 2 unspecified atom stereocenters. The van der Waals surface area contributed by atoms with Gasteiger partial charge in [0.15, 0.2) is 0 Å². The molecule has 0 amide bonds. The van der Waals surface area contributed by atoms with Gasteiger partial charge in [-0.3, -0.25) is 9.36 Å². The maximum absolute atomic E-state index is 12.7. The van der Waals surface area contributed by atoms with Gasteiger partial charge in [-0.15, -0.1) is 0 Å². The molecule has 0 aliphatic rings. The lowest BCUT2D eigenvalue weighted by Gasteiger charge is -2.28. The second kappa shape index (κ2) is 42.2. The molecule has 340 valence electrons. The van der Waals surface area contributed by atoms with Gasteiger partial charge in [0.25, 0.3) is 7.82 Å². The zero-order chi connectivity index (χ0) is 42.7. The van der Waals surface area contributed by atoms with Crippen LogP contribution in [-0.2, 0) is 27.9 Å². The van der Waals surface area contributed by atoms with Crippen LogP contribution >= 0.6 is 7.82 Å². The first kappa shape index (κ1) is 56.5. The summed E-state index contributed by atoms with van der Waals surface area (Å²) >= 11 is 0. The number of carbonyl (C=O) groups excluding carboxylic acids is 1. The Bertz CT molecular complexity index is 1070. The normalized spacial score (nSPS) is 14.1. The summed E-state index contributed by atoms with van der Waals surface area (Å²) in [6.45, 7) is 5.35. The molecule has 0 fully saturated rings. The third-order valence-electron chi connectivity index (χ3n) is 10.1. The minimum absolute atomic E-state index is 0.0218. The van der Waals surface area contributed by atoms with Crippen LogP contribution in [0.15, 0.2) is 48.6 Å². The fraction of sp³-hybridized carbons (Fsp3) is 0.816. The molecular formula is C49H92NO7P. The number of nitrogens with zero attached hydrogens (tertiary/aromatic N) is 1. The zero-order valence-electron chi connectivity index (χ0n) is 38.5. The molecule has 0 aliphatic heterocycles. The lowest BCUT2D eigenvalue weighted by molar-refractivity contribution is -0.870. The number of phosphoric acid groups is 1. The fourth-order valence-electron chi connectivity index (χ4n) is 6.37. The first-order valence-electron chi connectivity index (χ1n) is 23.9. The van der Waals surface area contributed by atoms with Crippen molar-refractivity contribution in [2.24, 2.45) is 0 Å². The Balaban J connectivity index is 4.22. The number of phosphoric ester groups is 1. The van der Waals surface area contributed by atoms with Crippen molar-refractivity contribution in [1.82, 2.24) is 0 Å². The van der Waals surface area contributed by atoms with E-state index in [0.29, 0.717) is 24.1 Å². The van der Waals surface area contributed by atoms with Gasteiger partial charge in [0.2, 0.25) is 0 Å². The second-order valence-corrected chi connectivity index (χ2v) is 18.5. The van der Waals surface area contributed by atoms with E-state index in [1.54, 1.807) is 0 Å². The Labute approximate surface area is 358 Å². The van der Waals surface area contributed by atoms with Gasteiger partial charge in [0.1, 0.15) is 19.3 Å². The van der Waals surface area contributed by atoms with Crippen molar-refractivity contribution in [2.75, 3.05) is 54.1 Å². The molecule has 0 heterocycles. The van der Waals surface area contributed by atoms with Crippen molar-refractivity contribution in [3.8, 4) is 0 Å². The lowest BCUT2D eigenvalue weighted by Crippen LogP contribution is -2.37. The van der Waals surface area contributed by atoms with E-state index < -0.39 is 13.9 Å². The summed E-state index contributed by atoms with van der Waals surface area (Å²) in [4.78, 5) is 25.1. The number of hydrogen-bond acceptors (Lipinski definition) is 7.